The Hall–Kier alpha value is -2.96. The Labute approximate surface area is 131 Å². The zero-order chi connectivity index (χ0) is 15.6. The number of amides is 1. The summed E-state index contributed by atoms with van der Waals surface area (Å²) in [7, 11) is 0. The van der Waals surface area contributed by atoms with E-state index in [1.165, 1.54) is 12.5 Å². The van der Waals surface area contributed by atoms with Gasteiger partial charge >= 0.3 is 0 Å². The molecule has 116 valence electrons. The summed E-state index contributed by atoms with van der Waals surface area (Å²) in [6.07, 6.45) is 6.31. The van der Waals surface area contributed by atoms with E-state index in [4.69, 9.17) is 8.94 Å². The number of pyridine rings is 1. The molecule has 3 aromatic heterocycles. The smallest absolute Gasteiger partial charge is 0.257 e. The van der Waals surface area contributed by atoms with Crippen molar-refractivity contribution in [2.45, 2.75) is 18.9 Å². The molecule has 23 heavy (non-hydrogen) atoms. The Morgan fingerprint density at radius 1 is 1.30 bits per heavy atom. The SMILES string of the molecule is O=C(c1ccoc1)N1CCC[C@@H]1c1nc(-c2ccccn2)no1. The lowest BCUT2D eigenvalue weighted by Gasteiger charge is -2.20. The molecule has 0 N–H and O–H groups in total. The minimum atomic E-state index is -0.206. The molecule has 1 aliphatic rings. The van der Waals surface area contributed by atoms with E-state index in [1.54, 1.807) is 17.2 Å². The van der Waals surface area contributed by atoms with Gasteiger partial charge < -0.3 is 13.8 Å². The summed E-state index contributed by atoms with van der Waals surface area (Å²) >= 11 is 0. The van der Waals surface area contributed by atoms with Crippen LogP contribution in [-0.2, 0) is 0 Å². The zero-order valence-corrected chi connectivity index (χ0v) is 12.3. The summed E-state index contributed by atoms with van der Waals surface area (Å²) in [6, 6.07) is 6.96. The van der Waals surface area contributed by atoms with E-state index in [9.17, 15) is 4.79 Å². The van der Waals surface area contributed by atoms with Gasteiger partial charge in [0, 0.05) is 12.7 Å². The van der Waals surface area contributed by atoms with Crippen molar-refractivity contribution in [1.29, 1.82) is 0 Å². The van der Waals surface area contributed by atoms with Crippen molar-refractivity contribution in [3.05, 3.63) is 54.4 Å². The highest BCUT2D eigenvalue weighted by Crippen LogP contribution is 2.33. The summed E-state index contributed by atoms with van der Waals surface area (Å²) in [4.78, 5) is 22.9. The maximum absolute atomic E-state index is 12.5. The van der Waals surface area contributed by atoms with Gasteiger partial charge in [0.25, 0.3) is 5.91 Å². The van der Waals surface area contributed by atoms with Gasteiger partial charge in [-0.1, -0.05) is 11.2 Å². The third kappa shape index (κ3) is 2.50. The molecule has 1 saturated heterocycles. The third-order valence-corrected chi connectivity index (χ3v) is 3.90. The molecule has 7 nitrogen and oxygen atoms in total. The van der Waals surface area contributed by atoms with Gasteiger partial charge in [0.15, 0.2) is 0 Å². The first-order chi connectivity index (χ1) is 11.3. The lowest BCUT2D eigenvalue weighted by Crippen LogP contribution is -2.30. The maximum atomic E-state index is 12.5. The predicted octanol–water partition coefficient (Wildman–Crippen LogP) is 2.70. The fourth-order valence-corrected chi connectivity index (χ4v) is 2.79. The van der Waals surface area contributed by atoms with Crippen LogP contribution in [0.5, 0.6) is 0 Å². The van der Waals surface area contributed by atoms with Gasteiger partial charge in [-0.25, -0.2) is 0 Å². The van der Waals surface area contributed by atoms with Crippen molar-refractivity contribution < 1.29 is 13.7 Å². The number of nitrogens with zero attached hydrogens (tertiary/aromatic N) is 4. The normalized spacial score (nSPS) is 17.6. The average Bonchev–Trinajstić information content (AvgIpc) is 3.35. The van der Waals surface area contributed by atoms with Gasteiger partial charge in [-0.3, -0.25) is 9.78 Å². The van der Waals surface area contributed by atoms with Gasteiger partial charge in [0.05, 0.1) is 11.8 Å². The standard InChI is InChI=1S/C16H14N4O3/c21-16(11-6-9-22-10-11)20-8-3-5-13(20)15-18-14(19-23-15)12-4-1-2-7-17-12/h1-2,4,6-7,9-10,13H,3,5,8H2/t13-/m1/s1. The Balaban J connectivity index is 1.60. The molecule has 7 heteroatoms. The van der Waals surface area contributed by atoms with Crippen molar-refractivity contribution in [3.8, 4) is 11.5 Å². The monoisotopic (exact) mass is 310 g/mol. The van der Waals surface area contributed by atoms with Gasteiger partial charge in [-0.05, 0) is 31.0 Å². The molecule has 4 heterocycles. The molecule has 1 amide bonds. The number of hydrogen-bond donors (Lipinski definition) is 0. The molecule has 0 radical (unpaired) electrons. The second kappa shape index (κ2) is 5.68. The zero-order valence-electron chi connectivity index (χ0n) is 12.3. The maximum Gasteiger partial charge on any atom is 0.257 e. The molecule has 0 spiro atoms. The van der Waals surface area contributed by atoms with Crippen LogP contribution in [0.3, 0.4) is 0 Å². The lowest BCUT2D eigenvalue weighted by molar-refractivity contribution is 0.0709. The van der Waals surface area contributed by atoms with E-state index in [-0.39, 0.29) is 11.9 Å². The van der Waals surface area contributed by atoms with Crippen LogP contribution >= 0.6 is 0 Å². The van der Waals surface area contributed by atoms with Crippen LogP contribution in [0.15, 0.2) is 51.9 Å². The second-order valence-corrected chi connectivity index (χ2v) is 5.34. The van der Waals surface area contributed by atoms with Crippen molar-refractivity contribution >= 4 is 5.91 Å². The summed E-state index contributed by atoms with van der Waals surface area (Å²) in [5.41, 5.74) is 1.18. The van der Waals surface area contributed by atoms with Crippen LogP contribution in [0.4, 0.5) is 0 Å². The van der Waals surface area contributed by atoms with E-state index in [1.807, 2.05) is 18.2 Å². The number of likely N-dealkylation sites (tertiary alicyclic amines) is 1. The van der Waals surface area contributed by atoms with Crippen LogP contribution in [0.25, 0.3) is 11.5 Å². The lowest BCUT2D eigenvalue weighted by atomic mass is 10.2. The van der Waals surface area contributed by atoms with Gasteiger partial charge in [0.1, 0.15) is 18.0 Å². The molecule has 0 saturated carbocycles. The highest BCUT2D eigenvalue weighted by molar-refractivity contribution is 5.94. The Bertz CT molecular complexity index is 798. The fraction of sp³-hybridized carbons (Fsp3) is 0.250. The highest BCUT2D eigenvalue weighted by atomic mass is 16.5. The van der Waals surface area contributed by atoms with Crippen LogP contribution in [0.2, 0.25) is 0 Å². The topological polar surface area (TPSA) is 85.3 Å². The number of aromatic nitrogens is 3. The number of rotatable bonds is 3. The molecule has 1 atom stereocenters. The molecular weight excluding hydrogens is 296 g/mol. The first-order valence-electron chi connectivity index (χ1n) is 7.41. The first kappa shape index (κ1) is 13.7. The highest BCUT2D eigenvalue weighted by Gasteiger charge is 2.35. The summed E-state index contributed by atoms with van der Waals surface area (Å²) in [6.45, 7) is 0.663. The van der Waals surface area contributed by atoms with E-state index in [0.29, 0.717) is 29.5 Å². The van der Waals surface area contributed by atoms with E-state index >= 15 is 0 Å². The number of carbonyl (C=O) groups is 1. The minimum Gasteiger partial charge on any atom is -0.472 e. The van der Waals surface area contributed by atoms with E-state index in [2.05, 4.69) is 15.1 Å². The summed E-state index contributed by atoms with van der Waals surface area (Å²) in [5, 5.41) is 3.98. The molecule has 1 aliphatic heterocycles. The van der Waals surface area contributed by atoms with E-state index < -0.39 is 0 Å². The molecule has 0 unspecified atom stereocenters. The Morgan fingerprint density at radius 3 is 3.04 bits per heavy atom. The number of hydrogen-bond acceptors (Lipinski definition) is 6. The average molecular weight is 310 g/mol. The van der Waals surface area contributed by atoms with Gasteiger partial charge in [-0.2, -0.15) is 4.98 Å². The van der Waals surface area contributed by atoms with E-state index in [0.717, 1.165) is 12.8 Å². The number of carbonyl (C=O) groups excluding carboxylic acids is 1. The minimum absolute atomic E-state index is 0.0844. The molecule has 3 aromatic rings. The summed E-state index contributed by atoms with van der Waals surface area (Å²) < 4.78 is 10.4. The molecule has 0 aromatic carbocycles. The van der Waals surface area contributed by atoms with Crippen molar-refractivity contribution in [1.82, 2.24) is 20.0 Å². The fourth-order valence-electron chi connectivity index (χ4n) is 2.79. The molecule has 0 aliphatic carbocycles. The van der Waals surface area contributed by atoms with Crippen LogP contribution in [-0.4, -0.2) is 32.5 Å². The van der Waals surface area contributed by atoms with Crippen LogP contribution in [0, 0.1) is 0 Å². The molecule has 1 fully saturated rings. The van der Waals surface area contributed by atoms with Crippen LogP contribution < -0.4 is 0 Å². The third-order valence-electron chi connectivity index (χ3n) is 3.90. The molecular formula is C16H14N4O3. The van der Waals surface area contributed by atoms with Crippen molar-refractivity contribution in [3.63, 3.8) is 0 Å². The first-order valence-corrected chi connectivity index (χ1v) is 7.41. The molecule has 0 bridgehead atoms. The van der Waals surface area contributed by atoms with Crippen molar-refractivity contribution in [2.24, 2.45) is 0 Å². The Kier molecular flexibility index (Phi) is 3.38. The van der Waals surface area contributed by atoms with Crippen molar-refractivity contribution in [2.75, 3.05) is 6.54 Å². The summed E-state index contributed by atoms with van der Waals surface area (Å²) in [5.74, 6) is 0.794. The van der Waals surface area contributed by atoms with Gasteiger partial charge in [0.2, 0.25) is 11.7 Å². The Morgan fingerprint density at radius 2 is 2.26 bits per heavy atom. The van der Waals surface area contributed by atoms with Gasteiger partial charge in [-0.15, -0.1) is 0 Å². The predicted molar refractivity (Wildman–Crippen MR) is 79.2 cm³/mol. The van der Waals surface area contributed by atoms with Crippen LogP contribution in [0.1, 0.15) is 35.1 Å². The quantitative estimate of drug-likeness (QED) is 0.739. The number of furan rings is 1. The largest absolute Gasteiger partial charge is 0.472 e. The second-order valence-electron chi connectivity index (χ2n) is 5.34. The molecule has 4 rings (SSSR count).